The zero-order chi connectivity index (χ0) is 12.0. The fourth-order valence-corrected chi connectivity index (χ4v) is 1.71. The maximum atomic E-state index is 2.29. The lowest BCUT2D eigenvalue weighted by Gasteiger charge is -2.31. The molecule has 0 saturated heterocycles. The Morgan fingerprint density at radius 1 is 0.938 bits per heavy atom. The van der Waals surface area contributed by atoms with E-state index in [-0.39, 0.29) is 0 Å². The Balaban J connectivity index is 0.000000181. The fourth-order valence-electron chi connectivity index (χ4n) is 1.71. The third kappa shape index (κ3) is 3.69. The van der Waals surface area contributed by atoms with E-state index in [0.717, 1.165) is 0 Å². The Labute approximate surface area is 99.7 Å². The van der Waals surface area contributed by atoms with Crippen LogP contribution in [0.3, 0.4) is 0 Å². The standard InChI is InChI=1S/C10H16.C6H6/c1-8-6-5-7-10(3,4)9(8)2;1-2-4-6-5-3-1/h5-7,9H,1-4H3;1-6H. The van der Waals surface area contributed by atoms with Gasteiger partial charge in [-0.3, -0.25) is 0 Å². The first-order chi connectivity index (χ1) is 7.54. The minimum Gasteiger partial charge on any atom is -0.0783 e. The molecule has 0 aromatic heterocycles. The van der Waals surface area contributed by atoms with Gasteiger partial charge < -0.3 is 0 Å². The molecule has 0 heterocycles. The van der Waals surface area contributed by atoms with Crippen molar-refractivity contribution in [2.45, 2.75) is 27.7 Å². The normalized spacial score (nSPS) is 21.8. The summed E-state index contributed by atoms with van der Waals surface area (Å²) in [5.41, 5.74) is 1.85. The van der Waals surface area contributed by atoms with Gasteiger partial charge in [-0.25, -0.2) is 0 Å². The first-order valence-electron chi connectivity index (χ1n) is 5.90. The second kappa shape index (κ2) is 5.69. The van der Waals surface area contributed by atoms with Crippen LogP contribution in [-0.2, 0) is 0 Å². The first kappa shape index (κ1) is 12.8. The zero-order valence-corrected chi connectivity index (χ0v) is 10.8. The highest BCUT2D eigenvalue weighted by atomic mass is 14.3. The van der Waals surface area contributed by atoms with Crippen LogP contribution in [0.5, 0.6) is 0 Å². The average Bonchev–Trinajstić information content (AvgIpc) is 2.29. The predicted molar refractivity (Wildman–Crippen MR) is 72.3 cm³/mol. The fraction of sp³-hybridized carbons (Fsp3) is 0.375. The van der Waals surface area contributed by atoms with E-state index >= 15 is 0 Å². The zero-order valence-electron chi connectivity index (χ0n) is 10.8. The van der Waals surface area contributed by atoms with Gasteiger partial charge in [0.05, 0.1) is 0 Å². The summed E-state index contributed by atoms with van der Waals surface area (Å²) in [6.07, 6.45) is 6.65. The second-order valence-corrected chi connectivity index (χ2v) is 4.97. The maximum Gasteiger partial charge on any atom is -0.0109 e. The van der Waals surface area contributed by atoms with E-state index < -0.39 is 0 Å². The summed E-state index contributed by atoms with van der Waals surface area (Å²) in [6.45, 7) is 9.06. The third-order valence-corrected chi connectivity index (χ3v) is 3.35. The van der Waals surface area contributed by atoms with Crippen molar-refractivity contribution in [3.8, 4) is 0 Å². The van der Waals surface area contributed by atoms with Crippen molar-refractivity contribution >= 4 is 0 Å². The van der Waals surface area contributed by atoms with Crippen molar-refractivity contribution in [3.63, 3.8) is 0 Å². The van der Waals surface area contributed by atoms with Crippen LogP contribution in [0, 0.1) is 11.3 Å². The number of benzene rings is 1. The molecular weight excluding hydrogens is 192 g/mol. The summed E-state index contributed by atoms with van der Waals surface area (Å²) in [7, 11) is 0. The van der Waals surface area contributed by atoms with Gasteiger partial charge in [-0.15, -0.1) is 0 Å². The van der Waals surface area contributed by atoms with Crippen molar-refractivity contribution in [3.05, 3.63) is 60.2 Å². The molecule has 0 fully saturated rings. The summed E-state index contributed by atoms with van der Waals surface area (Å²) in [5.74, 6) is 0.692. The van der Waals surface area contributed by atoms with Crippen molar-refractivity contribution in [2.24, 2.45) is 11.3 Å². The Bertz CT molecular complexity index is 328. The average molecular weight is 214 g/mol. The summed E-state index contributed by atoms with van der Waals surface area (Å²) in [5, 5.41) is 0. The van der Waals surface area contributed by atoms with Crippen LogP contribution in [-0.4, -0.2) is 0 Å². The Morgan fingerprint density at radius 2 is 1.38 bits per heavy atom. The molecule has 1 aliphatic carbocycles. The molecule has 0 nitrogen and oxygen atoms in total. The molecule has 0 spiro atoms. The van der Waals surface area contributed by atoms with Crippen LogP contribution in [0.1, 0.15) is 27.7 Å². The minimum atomic E-state index is 0.360. The first-order valence-corrected chi connectivity index (χ1v) is 5.90. The maximum absolute atomic E-state index is 2.29. The molecule has 0 aliphatic heterocycles. The highest BCUT2D eigenvalue weighted by molar-refractivity contribution is 5.23. The predicted octanol–water partition coefficient (Wildman–Crippen LogP) is 4.85. The molecule has 0 heteroatoms. The SMILES string of the molecule is CC1=CC=CC(C)(C)C1C.c1ccccc1. The lowest BCUT2D eigenvalue weighted by Crippen LogP contribution is -2.21. The lowest BCUT2D eigenvalue weighted by molar-refractivity contribution is 0.347. The van der Waals surface area contributed by atoms with E-state index in [0.29, 0.717) is 11.3 Å². The largest absolute Gasteiger partial charge is 0.0783 e. The molecular formula is C16H22. The molecule has 2 rings (SSSR count). The van der Waals surface area contributed by atoms with Crippen molar-refractivity contribution in [1.82, 2.24) is 0 Å². The minimum absolute atomic E-state index is 0.360. The van der Waals surface area contributed by atoms with Gasteiger partial charge in [0.15, 0.2) is 0 Å². The highest BCUT2D eigenvalue weighted by Gasteiger charge is 2.25. The van der Waals surface area contributed by atoms with Crippen molar-refractivity contribution in [1.29, 1.82) is 0 Å². The number of hydrogen-bond acceptors (Lipinski definition) is 0. The molecule has 1 aromatic carbocycles. The van der Waals surface area contributed by atoms with Crippen LogP contribution in [0.2, 0.25) is 0 Å². The monoisotopic (exact) mass is 214 g/mol. The third-order valence-electron chi connectivity index (χ3n) is 3.35. The van der Waals surface area contributed by atoms with Crippen LogP contribution in [0.25, 0.3) is 0 Å². The van der Waals surface area contributed by atoms with Gasteiger partial charge in [-0.05, 0) is 18.3 Å². The van der Waals surface area contributed by atoms with E-state index in [9.17, 15) is 0 Å². The van der Waals surface area contributed by atoms with Crippen LogP contribution < -0.4 is 0 Å². The second-order valence-electron chi connectivity index (χ2n) is 4.97. The summed E-state index contributed by atoms with van der Waals surface area (Å²) >= 11 is 0. The number of rotatable bonds is 0. The van der Waals surface area contributed by atoms with Gasteiger partial charge in [0.1, 0.15) is 0 Å². The Kier molecular flexibility index (Phi) is 4.54. The highest BCUT2D eigenvalue weighted by Crippen LogP contribution is 2.35. The quantitative estimate of drug-likeness (QED) is 0.579. The molecule has 0 bridgehead atoms. The van der Waals surface area contributed by atoms with Gasteiger partial charge >= 0.3 is 0 Å². The van der Waals surface area contributed by atoms with E-state index in [1.54, 1.807) is 0 Å². The van der Waals surface area contributed by atoms with Crippen LogP contribution in [0.4, 0.5) is 0 Å². The van der Waals surface area contributed by atoms with Crippen LogP contribution in [0.15, 0.2) is 60.2 Å². The van der Waals surface area contributed by atoms with E-state index in [4.69, 9.17) is 0 Å². The lowest BCUT2D eigenvalue weighted by atomic mass is 9.73. The molecule has 1 aromatic rings. The van der Waals surface area contributed by atoms with Gasteiger partial charge in [0, 0.05) is 0 Å². The molecule has 1 unspecified atom stereocenters. The molecule has 16 heavy (non-hydrogen) atoms. The van der Waals surface area contributed by atoms with E-state index in [1.807, 2.05) is 36.4 Å². The van der Waals surface area contributed by atoms with Gasteiger partial charge in [-0.2, -0.15) is 0 Å². The van der Waals surface area contributed by atoms with Crippen LogP contribution >= 0.6 is 0 Å². The smallest absolute Gasteiger partial charge is 0.0109 e. The summed E-state index contributed by atoms with van der Waals surface area (Å²) in [4.78, 5) is 0. The van der Waals surface area contributed by atoms with E-state index in [1.165, 1.54) is 5.57 Å². The topological polar surface area (TPSA) is 0 Å². The van der Waals surface area contributed by atoms with Crippen molar-refractivity contribution < 1.29 is 0 Å². The van der Waals surface area contributed by atoms with E-state index in [2.05, 4.69) is 45.9 Å². The molecule has 0 saturated carbocycles. The molecule has 1 atom stereocenters. The molecule has 0 amide bonds. The molecule has 1 aliphatic rings. The molecule has 0 radical (unpaired) electrons. The number of allylic oxidation sites excluding steroid dienone is 4. The number of hydrogen-bond donors (Lipinski definition) is 0. The molecule has 86 valence electrons. The van der Waals surface area contributed by atoms with Gasteiger partial charge in [0.25, 0.3) is 0 Å². The molecule has 0 N–H and O–H groups in total. The summed E-state index contributed by atoms with van der Waals surface area (Å²) < 4.78 is 0. The Hall–Kier alpha value is -1.30. The van der Waals surface area contributed by atoms with Crippen molar-refractivity contribution in [2.75, 3.05) is 0 Å². The van der Waals surface area contributed by atoms with Gasteiger partial charge in [-0.1, -0.05) is 81.0 Å². The van der Waals surface area contributed by atoms with Gasteiger partial charge in [0.2, 0.25) is 0 Å². The summed E-state index contributed by atoms with van der Waals surface area (Å²) in [6, 6.07) is 12.0. The Morgan fingerprint density at radius 3 is 1.69 bits per heavy atom.